The molecule has 1 N–H and O–H groups in total. The van der Waals surface area contributed by atoms with Gasteiger partial charge in [0.25, 0.3) is 5.97 Å². The van der Waals surface area contributed by atoms with Crippen molar-refractivity contribution < 1.29 is 12.8 Å². The van der Waals surface area contributed by atoms with Crippen molar-refractivity contribution in [3.05, 3.63) is 0 Å². The Morgan fingerprint density at radius 3 is 1.71 bits per heavy atom. The van der Waals surface area contributed by atoms with Gasteiger partial charge in [0.05, 0.1) is 0 Å². The molecule has 0 saturated heterocycles. The molecule has 3 nitrogen and oxygen atoms in total. The lowest BCUT2D eigenvalue weighted by atomic mass is 10.9. The SMILES string of the molecule is BrOBr.CC(=O)O. The largest absolute Gasteiger partial charge is 0.481 e. The van der Waals surface area contributed by atoms with Gasteiger partial charge in [-0.1, -0.05) is 0 Å². The lowest BCUT2D eigenvalue weighted by Crippen LogP contribution is -1.78. The van der Waals surface area contributed by atoms with Crippen LogP contribution in [0, 0.1) is 0 Å². The minimum atomic E-state index is -0.833. The van der Waals surface area contributed by atoms with Gasteiger partial charge in [-0.05, 0) is 0 Å². The van der Waals surface area contributed by atoms with E-state index < -0.39 is 5.97 Å². The Bertz CT molecular complexity index is 42.2. The fourth-order valence-electron chi connectivity index (χ4n) is 0. The Morgan fingerprint density at radius 1 is 1.71 bits per heavy atom. The lowest BCUT2D eigenvalue weighted by molar-refractivity contribution is -0.134. The number of hydrogen-bond donors (Lipinski definition) is 1. The normalized spacial score (nSPS) is 6.14. The third kappa shape index (κ3) is 810. The van der Waals surface area contributed by atoms with Crippen molar-refractivity contribution in [3.8, 4) is 0 Å². The summed E-state index contributed by atoms with van der Waals surface area (Å²) >= 11 is 5.12. The average molecular weight is 236 g/mol. The lowest BCUT2D eigenvalue weighted by Gasteiger charge is -1.59. The van der Waals surface area contributed by atoms with Crippen molar-refractivity contribution in [2.45, 2.75) is 6.92 Å². The van der Waals surface area contributed by atoms with Crippen LogP contribution in [0.5, 0.6) is 0 Å². The number of halogens is 2. The molecule has 0 atom stereocenters. The van der Waals surface area contributed by atoms with Crippen LogP contribution < -0.4 is 0 Å². The van der Waals surface area contributed by atoms with Crippen LogP contribution >= 0.6 is 32.5 Å². The molecule has 0 aliphatic heterocycles. The minimum Gasteiger partial charge on any atom is -0.481 e. The number of carboxylic acid groups (broad SMARTS) is 1. The first kappa shape index (κ1) is 10.4. The maximum Gasteiger partial charge on any atom is 0.300 e. The number of hydrogen-bond acceptors (Lipinski definition) is 2. The minimum absolute atomic E-state index is 0.833. The molecule has 0 amide bonds. The monoisotopic (exact) mass is 234 g/mol. The molecule has 0 aromatic rings. The molecule has 0 aromatic carbocycles. The van der Waals surface area contributed by atoms with Gasteiger partial charge in [-0.2, -0.15) is 0 Å². The molecule has 0 bridgehead atoms. The van der Waals surface area contributed by atoms with Crippen molar-refractivity contribution in [1.82, 2.24) is 0 Å². The highest BCUT2D eigenvalue weighted by Gasteiger charge is 1.65. The van der Waals surface area contributed by atoms with Crippen LogP contribution in [0.25, 0.3) is 0 Å². The second kappa shape index (κ2) is 9.63. The summed E-state index contributed by atoms with van der Waals surface area (Å²) in [6, 6.07) is 0. The van der Waals surface area contributed by atoms with E-state index in [1.165, 1.54) is 0 Å². The smallest absolute Gasteiger partial charge is 0.300 e. The van der Waals surface area contributed by atoms with E-state index in [0.29, 0.717) is 0 Å². The topological polar surface area (TPSA) is 46.5 Å². The first-order valence-corrected chi connectivity index (χ1v) is 2.53. The van der Waals surface area contributed by atoms with Crippen molar-refractivity contribution in [2.24, 2.45) is 0 Å². The first-order valence-electron chi connectivity index (χ1n) is 1.24. The zero-order valence-electron chi connectivity index (χ0n) is 3.52. The predicted molar refractivity (Wildman–Crippen MR) is 32.2 cm³/mol. The second-order valence-electron chi connectivity index (χ2n) is 0.577. The number of carbonyl (C=O) groups is 1. The van der Waals surface area contributed by atoms with Gasteiger partial charge in [0.15, 0.2) is 0 Å². The summed E-state index contributed by atoms with van der Waals surface area (Å²) < 4.78 is 3.88. The number of carboxylic acids is 1. The molecule has 0 aromatic heterocycles. The fraction of sp³-hybridized carbons (Fsp3) is 0.500. The van der Waals surface area contributed by atoms with Crippen LogP contribution in [0.4, 0.5) is 0 Å². The van der Waals surface area contributed by atoms with Gasteiger partial charge in [-0.25, -0.2) is 2.92 Å². The van der Waals surface area contributed by atoms with Gasteiger partial charge in [0.2, 0.25) is 0 Å². The molecule has 5 heteroatoms. The highest BCUT2D eigenvalue weighted by atomic mass is 79.9. The van der Waals surface area contributed by atoms with Crippen molar-refractivity contribution >= 4 is 38.5 Å². The third-order valence-electron chi connectivity index (χ3n) is 0. The van der Waals surface area contributed by atoms with Gasteiger partial charge in [0.1, 0.15) is 32.5 Å². The molecule has 0 aliphatic rings. The van der Waals surface area contributed by atoms with Crippen LogP contribution in [0.15, 0.2) is 0 Å². The summed E-state index contributed by atoms with van der Waals surface area (Å²) in [5, 5.41) is 7.42. The second-order valence-corrected chi connectivity index (χ2v) is 2.09. The summed E-state index contributed by atoms with van der Waals surface area (Å²) in [6.07, 6.45) is 0. The standard InChI is InChI=1S/C2H4O2.Br2O/c1-2(3)4;1-3-2/h1H3,(H,3,4);. The number of aliphatic carboxylic acids is 1. The molecule has 44 valence electrons. The van der Waals surface area contributed by atoms with Gasteiger partial charge >= 0.3 is 0 Å². The Morgan fingerprint density at radius 2 is 1.71 bits per heavy atom. The van der Waals surface area contributed by atoms with Gasteiger partial charge in [-0.15, -0.1) is 0 Å². The maximum absolute atomic E-state index is 9.00. The Balaban J connectivity index is 0. The molecule has 0 unspecified atom stereocenters. The summed E-state index contributed by atoms with van der Waals surface area (Å²) in [6.45, 7) is 1.08. The Labute approximate surface area is 58.6 Å². The van der Waals surface area contributed by atoms with E-state index in [0.717, 1.165) is 6.92 Å². The molecule has 0 radical (unpaired) electrons. The van der Waals surface area contributed by atoms with E-state index in [1.54, 1.807) is 0 Å². The van der Waals surface area contributed by atoms with E-state index in [1.807, 2.05) is 0 Å². The van der Waals surface area contributed by atoms with E-state index in [4.69, 9.17) is 9.90 Å². The molecule has 0 aliphatic carbocycles. The Kier molecular flexibility index (Phi) is 14.3. The van der Waals surface area contributed by atoms with Crippen molar-refractivity contribution in [3.63, 3.8) is 0 Å². The predicted octanol–water partition coefficient (Wildman–Crippen LogP) is 1.71. The molecule has 0 fully saturated rings. The summed E-state index contributed by atoms with van der Waals surface area (Å²) in [7, 11) is 0. The zero-order valence-corrected chi connectivity index (χ0v) is 6.69. The average Bonchev–Trinajstić information content (AvgIpc) is 1.33. The maximum atomic E-state index is 9.00. The fourth-order valence-corrected chi connectivity index (χ4v) is 0. The van der Waals surface area contributed by atoms with Crippen LogP contribution in [0.1, 0.15) is 6.92 Å². The van der Waals surface area contributed by atoms with Crippen LogP contribution in [-0.2, 0) is 7.71 Å². The van der Waals surface area contributed by atoms with Gasteiger partial charge < -0.3 is 5.11 Å². The Hall–Kier alpha value is 0.390. The zero-order chi connectivity index (χ0) is 6.28. The molecule has 0 saturated carbocycles. The molecular formula is C2H4Br2O3. The molecule has 0 rings (SSSR count). The summed E-state index contributed by atoms with van der Waals surface area (Å²) in [4.78, 5) is 9.00. The molecule has 7 heavy (non-hydrogen) atoms. The van der Waals surface area contributed by atoms with Gasteiger partial charge in [-0.3, -0.25) is 4.79 Å². The van der Waals surface area contributed by atoms with E-state index in [9.17, 15) is 0 Å². The van der Waals surface area contributed by atoms with Crippen molar-refractivity contribution in [1.29, 1.82) is 0 Å². The molecule has 0 heterocycles. The van der Waals surface area contributed by atoms with Crippen LogP contribution in [0.3, 0.4) is 0 Å². The van der Waals surface area contributed by atoms with Gasteiger partial charge in [0, 0.05) is 6.92 Å². The molecular weight excluding hydrogens is 232 g/mol. The first-order chi connectivity index (χ1) is 3.15. The van der Waals surface area contributed by atoms with Crippen LogP contribution in [0.2, 0.25) is 0 Å². The third-order valence-corrected chi connectivity index (χ3v) is 0. The van der Waals surface area contributed by atoms with E-state index >= 15 is 0 Å². The summed E-state index contributed by atoms with van der Waals surface area (Å²) in [5.41, 5.74) is 0. The quantitative estimate of drug-likeness (QED) is 0.696. The van der Waals surface area contributed by atoms with Crippen LogP contribution in [-0.4, -0.2) is 11.1 Å². The summed E-state index contributed by atoms with van der Waals surface area (Å²) in [5.74, 6) is -0.833. The highest BCUT2D eigenvalue weighted by molar-refractivity contribution is 9.18. The van der Waals surface area contributed by atoms with Crippen molar-refractivity contribution in [2.75, 3.05) is 0 Å². The van der Waals surface area contributed by atoms with E-state index in [-0.39, 0.29) is 0 Å². The highest BCUT2D eigenvalue weighted by Crippen LogP contribution is 1.88. The molecule has 0 spiro atoms. The number of rotatable bonds is 0. The van der Waals surface area contributed by atoms with E-state index in [2.05, 4.69) is 35.4 Å².